The van der Waals surface area contributed by atoms with Gasteiger partial charge in [-0.25, -0.2) is 4.79 Å². The van der Waals surface area contributed by atoms with E-state index in [9.17, 15) is 9.90 Å². The van der Waals surface area contributed by atoms with Crippen molar-refractivity contribution in [2.45, 2.75) is 44.8 Å². The summed E-state index contributed by atoms with van der Waals surface area (Å²) < 4.78 is 11.2. The van der Waals surface area contributed by atoms with Crippen LogP contribution in [0, 0.1) is 0 Å². The smallest absolute Gasteiger partial charge is 0.410 e. The molecule has 2 aliphatic rings. The van der Waals surface area contributed by atoms with Gasteiger partial charge in [0.2, 0.25) is 0 Å². The van der Waals surface area contributed by atoms with Gasteiger partial charge in [-0.1, -0.05) is 6.07 Å². The number of phenols is 1. The van der Waals surface area contributed by atoms with Crippen molar-refractivity contribution in [3.63, 3.8) is 0 Å². The molecule has 3 rings (SSSR count). The van der Waals surface area contributed by atoms with Crippen LogP contribution >= 0.6 is 0 Å². The van der Waals surface area contributed by atoms with E-state index in [1.54, 1.807) is 17.0 Å². The molecule has 2 unspecified atom stereocenters. The molecule has 1 aromatic rings. The fraction of sp³-hybridized carbons (Fsp3) is 0.562. The fourth-order valence-electron chi connectivity index (χ4n) is 3.10. The van der Waals surface area contributed by atoms with Crippen LogP contribution in [0.15, 0.2) is 18.2 Å². The first kappa shape index (κ1) is 14.0. The number of benzene rings is 1. The maximum Gasteiger partial charge on any atom is 0.410 e. The monoisotopic (exact) mass is 291 g/mol. The van der Waals surface area contributed by atoms with Crippen LogP contribution in [0.2, 0.25) is 0 Å². The van der Waals surface area contributed by atoms with Gasteiger partial charge in [0.1, 0.15) is 23.7 Å². The average Bonchev–Trinajstić information content (AvgIpc) is 2.80. The highest BCUT2D eigenvalue weighted by molar-refractivity contribution is 5.69. The molecule has 2 aliphatic heterocycles. The number of nitrogens with zero attached hydrogens (tertiary/aromatic N) is 1. The minimum absolute atomic E-state index is 0.0110. The lowest BCUT2D eigenvalue weighted by atomic mass is 9.89. The van der Waals surface area contributed by atoms with Crippen LogP contribution in [0.1, 0.15) is 38.7 Å². The summed E-state index contributed by atoms with van der Waals surface area (Å²) in [5, 5.41) is 9.53. The number of carbonyl (C=O) groups excluding carboxylic acids is 1. The maximum absolute atomic E-state index is 12.3. The molecule has 1 saturated heterocycles. The lowest BCUT2D eigenvalue weighted by Gasteiger charge is -2.34. The van der Waals surface area contributed by atoms with Crippen molar-refractivity contribution in [2.75, 3.05) is 13.2 Å². The Morgan fingerprint density at radius 3 is 2.90 bits per heavy atom. The Morgan fingerprint density at radius 2 is 2.19 bits per heavy atom. The highest BCUT2D eigenvalue weighted by atomic mass is 16.6. The van der Waals surface area contributed by atoms with E-state index >= 15 is 0 Å². The van der Waals surface area contributed by atoms with Crippen molar-refractivity contribution in [3.8, 4) is 11.5 Å². The Bertz CT molecular complexity index is 564. The SMILES string of the molecule is CC(C)(C)OC(=O)N1CCC2c3ccc(O)cc3OCC21. The summed E-state index contributed by atoms with van der Waals surface area (Å²) in [7, 11) is 0. The number of hydrogen-bond acceptors (Lipinski definition) is 4. The quantitative estimate of drug-likeness (QED) is 0.798. The van der Waals surface area contributed by atoms with Crippen molar-refractivity contribution in [2.24, 2.45) is 0 Å². The molecule has 2 heterocycles. The summed E-state index contributed by atoms with van der Waals surface area (Å²) in [4.78, 5) is 14.1. The minimum Gasteiger partial charge on any atom is -0.508 e. The first-order chi connectivity index (χ1) is 9.85. The van der Waals surface area contributed by atoms with Gasteiger partial charge in [0, 0.05) is 18.5 Å². The van der Waals surface area contributed by atoms with E-state index in [1.807, 2.05) is 26.8 Å². The normalized spacial score (nSPS) is 24.0. The second-order valence-electron chi connectivity index (χ2n) is 6.67. The van der Waals surface area contributed by atoms with Crippen LogP contribution in [0.5, 0.6) is 11.5 Å². The van der Waals surface area contributed by atoms with E-state index in [2.05, 4.69) is 0 Å². The predicted octanol–water partition coefficient (Wildman–Crippen LogP) is 2.88. The molecular weight excluding hydrogens is 270 g/mol. The number of amides is 1. The Hall–Kier alpha value is -1.91. The molecule has 1 fully saturated rings. The minimum atomic E-state index is -0.492. The van der Waals surface area contributed by atoms with Gasteiger partial charge in [-0.2, -0.15) is 0 Å². The Labute approximate surface area is 124 Å². The summed E-state index contributed by atoms with van der Waals surface area (Å²) in [5.41, 5.74) is 0.573. The topological polar surface area (TPSA) is 59.0 Å². The molecule has 0 spiro atoms. The molecule has 2 atom stereocenters. The van der Waals surface area contributed by atoms with Crippen molar-refractivity contribution >= 4 is 6.09 Å². The Kier molecular flexibility index (Phi) is 3.23. The van der Waals surface area contributed by atoms with Gasteiger partial charge < -0.3 is 19.5 Å². The van der Waals surface area contributed by atoms with Gasteiger partial charge in [0.05, 0.1) is 6.04 Å². The molecule has 5 nitrogen and oxygen atoms in total. The first-order valence-corrected chi connectivity index (χ1v) is 7.30. The standard InChI is InChI=1S/C16H21NO4/c1-16(2,3)21-15(19)17-7-6-11-12-5-4-10(18)8-14(12)20-9-13(11)17/h4-5,8,11,13,18H,6-7,9H2,1-3H3. The van der Waals surface area contributed by atoms with Gasteiger partial charge in [-0.15, -0.1) is 0 Å². The summed E-state index contributed by atoms with van der Waals surface area (Å²) in [6.07, 6.45) is 0.617. The molecule has 0 bridgehead atoms. The number of ether oxygens (including phenoxy) is 2. The number of aromatic hydroxyl groups is 1. The molecule has 1 aromatic carbocycles. The van der Waals surface area contributed by atoms with Gasteiger partial charge in [0.25, 0.3) is 0 Å². The number of rotatable bonds is 0. The van der Waals surface area contributed by atoms with Crippen LogP contribution < -0.4 is 4.74 Å². The van der Waals surface area contributed by atoms with Crippen LogP contribution in [-0.4, -0.2) is 40.9 Å². The van der Waals surface area contributed by atoms with Crippen molar-refractivity contribution < 1.29 is 19.4 Å². The number of carbonyl (C=O) groups is 1. The van der Waals surface area contributed by atoms with Gasteiger partial charge in [-0.05, 0) is 38.8 Å². The van der Waals surface area contributed by atoms with E-state index in [0.29, 0.717) is 13.2 Å². The molecule has 114 valence electrons. The van der Waals surface area contributed by atoms with Crippen LogP contribution in [0.4, 0.5) is 4.79 Å². The zero-order valence-electron chi connectivity index (χ0n) is 12.6. The lowest BCUT2D eigenvalue weighted by molar-refractivity contribution is 0.0164. The average molecular weight is 291 g/mol. The number of phenolic OH excluding ortho intramolecular Hbond substituents is 1. The predicted molar refractivity (Wildman–Crippen MR) is 77.7 cm³/mol. The van der Waals surface area contributed by atoms with Gasteiger partial charge >= 0.3 is 6.09 Å². The summed E-state index contributed by atoms with van der Waals surface area (Å²) in [6, 6.07) is 5.21. The second-order valence-corrected chi connectivity index (χ2v) is 6.67. The van der Waals surface area contributed by atoms with E-state index in [-0.39, 0.29) is 23.8 Å². The van der Waals surface area contributed by atoms with Crippen LogP contribution in [0.25, 0.3) is 0 Å². The highest BCUT2D eigenvalue weighted by Gasteiger charge is 2.43. The fourth-order valence-corrected chi connectivity index (χ4v) is 3.10. The highest BCUT2D eigenvalue weighted by Crippen LogP contribution is 2.43. The van der Waals surface area contributed by atoms with E-state index in [0.717, 1.165) is 17.7 Å². The van der Waals surface area contributed by atoms with Gasteiger partial charge in [0.15, 0.2) is 0 Å². The molecule has 1 N–H and O–H groups in total. The zero-order chi connectivity index (χ0) is 15.2. The van der Waals surface area contributed by atoms with Crippen molar-refractivity contribution in [1.82, 2.24) is 4.90 Å². The number of likely N-dealkylation sites (tertiary alicyclic amines) is 1. The number of fused-ring (bicyclic) bond motifs is 3. The molecule has 21 heavy (non-hydrogen) atoms. The molecule has 0 aliphatic carbocycles. The zero-order valence-corrected chi connectivity index (χ0v) is 12.6. The summed E-state index contributed by atoms with van der Waals surface area (Å²) in [5.74, 6) is 1.18. The Morgan fingerprint density at radius 1 is 1.43 bits per heavy atom. The molecule has 1 amide bonds. The molecule has 5 heteroatoms. The molecule has 0 aromatic heterocycles. The number of hydrogen-bond donors (Lipinski definition) is 1. The van der Waals surface area contributed by atoms with Crippen molar-refractivity contribution in [3.05, 3.63) is 23.8 Å². The second kappa shape index (κ2) is 4.83. The lowest BCUT2D eigenvalue weighted by Crippen LogP contribution is -2.45. The van der Waals surface area contributed by atoms with E-state index < -0.39 is 5.60 Å². The third-order valence-corrected chi connectivity index (χ3v) is 3.98. The van der Waals surface area contributed by atoms with E-state index in [4.69, 9.17) is 9.47 Å². The Balaban J connectivity index is 1.80. The van der Waals surface area contributed by atoms with Gasteiger partial charge in [-0.3, -0.25) is 0 Å². The molecule has 0 radical (unpaired) electrons. The third-order valence-electron chi connectivity index (χ3n) is 3.98. The molecular formula is C16H21NO4. The summed E-state index contributed by atoms with van der Waals surface area (Å²) >= 11 is 0. The largest absolute Gasteiger partial charge is 0.508 e. The molecule has 0 saturated carbocycles. The van der Waals surface area contributed by atoms with Crippen molar-refractivity contribution in [1.29, 1.82) is 0 Å². The van der Waals surface area contributed by atoms with Crippen LogP contribution in [0.3, 0.4) is 0 Å². The third kappa shape index (κ3) is 2.64. The summed E-state index contributed by atoms with van der Waals surface area (Å²) in [6.45, 7) is 6.73. The first-order valence-electron chi connectivity index (χ1n) is 7.30. The van der Waals surface area contributed by atoms with E-state index in [1.165, 1.54) is 0 Å². The van der Waals surface area contributed by atoms with Crippen LogP contribution in [-0.2, 0) is 4.74 Å². The maximum atomic E-state index is 12.3.